The standard InChI is InChI=1S/C21H22N4O3/c1-3-22-21(28)25-19-10-16-9-17(7-13(2)18(16)12-24-19)23-11-14-5-4-6-15(8-14)20(26)27/h4-10,12,23H,3,11H2,1-2H3,(H,26,27)(H2,22,24,25,28). The summed E-state index contributed by atoms with van der Waals surface area (Å²) in [7, 11) is 0. The van der Waals surface area contributed by atoms with Crippen LogP contribution in [-0.4, -0.2) is 28.6 Å². The second kappa shape index (κ2) is 8.39. The van der Waals surface area contributed by atoms with Crippen molar-refractivity contribution in [1.29, 1.82) is 0 Å². The van der Waals surface area contributed by atoms with Gasteiger partial charge in [0.25, 0.3) is 0 Å². The number of aromatic nitrogens is 1. The summed E-state index contributed by atoms with van der Waals surface area (Å²) >= 11 is 0. The van der Waals surface area contributed by atoms with Crippen molar-refractivity contribution in [2.75, 3.05) is 17.2 Å². The van der Waals surface area contributed by atoms with Gasteiger partial charge >= 0.3 is 12.0 Å². The fourth-order valence-corrected chi connectivity index (χ4v) is 2.95. The van der Waals surface area contributed by atoms with E-state index in [4.69, 9.17) is 5.11 Å². The fourth-order valence-electron chi connectivity index (χ4n) is 2.95. The maximum Gasteiger partial charge on any atom is 0.335 e. The van der Waals surface area contributed by atoms with Crippen LogP contribution < -0.4 is 16.0 Å². The lowest BCUT2D eigenvalue weighted by Crippen LogP contribution is -2.28. The number of carbonyl (C=O) groups excluding carboxylic acids is 1. The first-order chi connectivity index (χ1) is 13.5. The molecule has 0 saturated carbocycles. The van der Waals surface area contributed by atoms with Crippen LogP contribution >= 0.6 is 0 Å². The Morgan fingerprint density at radius 2 is 1.96 bits per heavy atom. The lowest BCUT2D eigenvalue weighted by Gasteiger charge is -2.12. The molecule has 28 heavy (non-hydrogen) atoms. The topological polar surface area (TPSA) is 103 Å². The molecule has 2 aromatic carbocycles. The highest BCUT2D eigenvalue weighted by Gasteiger charge is 2.07. The van der Waals surface area contributed by atoms with Gasteiger partial charge in [0.2, 0.25) is 0 Å². The number of hydrogen-bond donors (Lipinski definition) is 4. The van der Waals surface area contributed by atoms with Gasteiger partial charge in [0.1, 0.15) is 5.82 Å². The van der Waals surface area contributed by atoms with E-state index in [0.29, 0.717) is 18.9 Å². The molecular weight excluding hydrogens is 356 g/mol. The van der Waals surface area contributed by atoms with E-state index in [-0.39, 0.29) is 11.6 Å². The molecule has 0 radical (unpaired) electrons. The number of carboxylic acid groups (broad SMARTS) is 1. The van der Waals surface area contributed by atoms with Crippen molar-refractivity contribution in [2.45, 2.75) is 20.4 Å². The smallest absolute Gasteiger partial charge is 0.335 e. The zero-order valence-electron chi connectivity index (χ0n) is 15.7. The molecule has 0 spiro atoms. The van der Waals surface area contributed by atoms with Crippen molar-refractivity contribution >= 4 is 34.3 Å². The third-order valence-electron chi connectivity index (χ3n) is 4.29. The van der Waals surface area contributed by atoms with Crippen LogP contribution in [0.25, 0.3) is 10.8 Å². The molecule has 0 aliphatic rings. The SMILES string of the molecule is CCNC(=O)Nc1cc2cc(NCc3cccc(C(=O)O)c3)cc(C)c2cn1. The van der Waals surface area contributed by atoms with Gasteiger partial charge in [-0.25, -0.2) is 14.6 Å². The average Bonchev–Trinajstić information content (AvgIpc) is 2.66. The number of aryl methyl sites for hydroxylation is 1. The predicted molar refractivity (Wildman–Crippen MR) is 110 cm³/mol. The molecule has 3 rings (SSSR count). The van der Waals surface area contributed by atoms with E-state index in [0.717, 1.165) is 27.6 Å². The van der Waals surface area contributed by atoms with Crippen molar-refractivity contribution in [3.05, 3.63) is 65.4 Å². The second-order valence-electron chi connectivity index (χ2n) is 6.43. The normalized spacial score (nSPS) is 10.5. The number of nitrogens with one attached hydrogen (secondary N) is 3. The van der Waals surface area contributed by atoms with E-state index in [1.807, 2.05) is 38.1 Å². The summed E-state index contributed by atoms with van der Waals surface area (Å²) in [6.45, 7) is 4.88. The Hall–Kier alpha value is -3.61. The Kier molecular flexibility index (Phi) is 5.74. The third kappa shape index (κ3) is 4.56. The molecule has 0 saturated heterocycles. The van der Waals surface area contributed by atoms with Crippen LogP contribution in [-0.2, 0) is 6.54 Å². The number of urea groups is 1. The Morgan fingerprint density at radius 1 is 1.14 bits per heavy atom. The first kappa shape index (κ1) is 19.2. The molecule has 7 heteroatoms. The van der Waals surface area contributed by atoms with Crippen LogP contribution in [0.15, 0.2) is 48.7 Å². The van der Waals surface area contributed by atoms with Crippen LogP contribution in [0, 0.1) is 6.92 Å². The number of anilines is 2. The number of carboxylic acids is 1. The number of amides is 2. The molecule has 1 aromatic heterocycles. The summed E-state index contributed by atoms with van der Waals surface area (Å²) in [4.78, 5) is 27.1. The van der Waals surface area contributed by atoms with Crippen LogP contribution in [0.3, 0.4) is 0 Å². The molecule has 0 unspecified atom stereocenters. The van der Waals surface area contributed by atoms with E-state index in [9.17, 15) is 9.59 Å². The summed E-state index contributed by atoms with van der Waals surface area (Å²) < 4.78 is 0. The molecule has 0 aliphatic heterocycles. The van der Waals surface area contributed by atoms with Crippen molar-refractivity contribution in [2.24, 2.45) is 0 Å². The van der Waals surface area contributed by atoms with Crippen molar-refractivity contribution in [3.63, 3.8) is 0 Å². The Morgan fingerprint density at radius 3 is 2.71 bits per heavy atom. The Balaban J connectivity index is 1.80. The quantitative estimate of drug-likeness (QED) is 0.519. The monoisotopic (exact) mass is 378 g/mol. The molecule has 1 heterocycles. The average molecular weight is 378 g/mol. The molecule has 144 valence electrons. The van der Waals surface area contributed by atoms with Gasteiger partial charge in [-0.2, -0.15) is 0 Å². The van der Waals surface area contributed by atoms with Gasteiger partial charge in [-0.3, -0.25) is 5.32 Å². The minimum Gasteiger partial charge on any atom is -0.478 e. The number of rotatable bonds is 6. The highest BCUT2D eigenvalue weighted by molar-refractivity contribution is 5.94. The lowest BCUT2D eigenvalue weighted by molar-refractivity contribution is 0.0696. The van der Waals surface area contributed by atoms with Crippen LogP contribution in [0.1, 0.15) is 28.4 Å². The number of benzene rings is 2. The molecule has 2 amide bonds. The number of fused-ring (bicyclic) bond motifs is 1. The molecule has 0 fully saturated rings. The number of pyridine rings is 1. The Labute approximate surface area is 162 Å². The maximum atomic E-state index is 11.7. The van der Waals surface area contributed by atoms with Crippen LogP contribution in [0.2, 0.25) is 0 Å². The van der Waals surface area contributed by atoms with Crippen molar-refractivity contribution in [3.8, 4) is 0 Å². The van der Waals surface area contributed by atoms with Gasteiger partial charge in [0.05, 0.1) is 5.56 Å². The zero-order valence-corrected chi connectivity index (χ0v) is 15.7. The largest absolute Gasteiger partial charge is 0.478 e. The minimum atomic E-state index is -0.942. The van der Waals surface area contributed by atoms with Gasteiger partial charge in [-0.05, 0) is 60.7 Å². The van der Waals surface area contributed by atoms with E-state index < -0.39 is 5.97 Å². The fraction of sp³-hybridized carbons (Fsp3) is 0.190. The van der Waals surface area contributed by atoms with Gasteiger partial charge in [0.15, 0.2) is 0 Å². The minimum absolute atomic E-state index is 0.265. The van der Waals surface area contributed by atoms with Crippen molar-refractivity contribution in [1.82, 2.24) is 10.3 Å². The van der Waals surface area contributed by atoms with Crippen LogP contribution in [0.5, 0.6) is 0 Å². The summed E-state index contributed by atoms with van der Waals surface area (Å²) in [6, 6.07) is 12.4. The molecule has 0 aliphatic carbocycles. The lowest BCUT2D eigenvalue weighted by atomic mass is 10.1. The summed E-state index contributed by atoms with van der Waals surface area (Å²) in [5.74, 6) is -0.466. The first-order valence-electron chi connectivity index (χ1n) is 8.97. The van der Waals surface area contributed by atoms with Gasteiger partial charge < -0.3 is 15.7 Å². The zero-order chi connectivity index (χ0) is 20.1. The van der Waals surface area contributed by atoms with Gasteiger partial charge in [0, 0.05) is 30.4 Å². The predicted octanol–water partition coefficient (Wildman–Crippen LogP) is 3.99. The van der Waals surface area contributed by atoms with Crippen molar-refractivity contribution < 1.29 is 14.7 Å². The molecule has 0 atom stereocenters. The number of nitrogens with zero attached hydrogens (tertiary/aromatic N) is 1. The first-order valence-corrected chi connectivity index (χ1v) is 8.97. The number of aromatic carboxylic acids is 1. The van der Waals surface area contributed by atoms with E-state index >= 15 is 0 Å². The molecule has 4 N–H and O–H groups in total. The maximum absolute atomic E-state index is 11.7. The number of hydrogen-bond acceptors (Lipinski definition) is 4. The van der Waals surface area contributed by atoms with E-state index in [1.165, 1.54) is 0 Å². The summed E-state index contributed by atoms with van der Waals surface area (Å²) in [5.41, 5.74) is 3.10. The third-order valence-corrected chi connectivity index (χ3v) is 4.29. The molecule has 7 nitrogen and oxygen atoms in total. The van der Waals surface area contributed by atoms with E-state index in [2.05, 4.69) is 20.9 Å². The molecular formula is C21H22N4O3. The van der Waals surface area contributed by atoms with Gasteiger partial charge in [-0.15, -0.1) is 0 Å². The summed E-state index contributed by atoms with van der Waals surface area (Å²) in [5, 5.41) is 19.8. The van der Waals surface area contributed by atoms with E-state index in [1.54, 1.807) is 24.4 Å². The van der Waals surface area contributed by atoms with Crippen LogP contribution in [0.4, 0.5) is 16.3 Å². The molecule has 3 aromatic rings. The highest BCUT2D eigenvalue weighted by Crippen LogP contribution is 2.25. The highest BCUT2D eigenvalue weighted by atomic mass is 16.4. The molecule has 0 bridgehead atoms. The number of carbonyl (C=O) groups is 2. The summed E-state index contributed by atoms with van der Waals surface area (Å²) in [6.07, 6.45) is 1.74. The Bertz CT molecular complexity index is 1030. The second-order valence-corrected chi connectivity index (χ2v) is 6.43. The van der Waals surface area contributed by atoms with Gasteiger partial charge in [-0.1, -0.05) is 12.1 Å².